The van der Waals surface area contributed by atoms with Crippen LogP contribution in [0.15, 0.2) is 65.5 Å². The van der Waals surface area contributed by atoms with Crippen LogP contribution >= 0.6 is 0 Å². The van der Waals surface area contributed by atoms with E-state index in [-0.39, 0.29) is 18.7 Å². The van der Waals surface area contributed by atoms with Gasteiger partial charge in [0.25, 0.3) is 0 Å². The Balaban J connectivity index is 1.88. The zero-order valence-electron chi connectivity index (χ0n) is 14.6. The fourth-order valence-electron chi connectivity index (χ4n) is 3.51. The second kappa shape index (κ2) is 6.64. The summed E-state index contributed by atoms with van der Waals surface area (Å²) in [6, 6.07) is 19.3. The average molecular weight is 361 g/mol. The standard InChI is InChI=1S/C21H19N3O3/c22-16-8-9-18-19(12-16)24(21(27)23(18)11-10-20(25)26)13-15-6-3-5-14-4-1-2-7-17(14)15/h1-9,12H,10-11,13,22H2,(H,25,26). The second-order valence-corrected chi connectivity index (χ2v) is 6.55. The highest BCUT2D eigenvalue weighted by atomic mass is 16.4. The number of carboxylic acids is 1. The van der Waals surface area contributed by atoms with Crippen molar-refractivity contribution in [1.82, 2.24) is 9.13 Å². The zero-order chi connectivity index (χ0) is 19.0. The van der Waals surface area contributed by atoms with E-state index in [1.807, 2.05) is 42.5 Å². The number of benzene rings is 3. The first kappa shape index (κ1) is 16.9. The fourth-order valence-corrected chi connectivity index (χ4v) is 3.51. The number of carboxylic acid groups (broad SMARTS) is 1. The molecule has 0 bridgehead atoms. The van der Waals surface area contributed by atoms with Gasteiger partial charge >= 0.3 is 11.7 Å². The van der Waals surface area contributed by atoms with Gasteiger partial charge in [-0.05, 0) is 34.5 Å². The van der Waals surface area contributed by atoms with E-state index in [1.54, 1.807) is 22.8 Å². The largest absolute Gasteiger partial charge is 0.481 e. The van der Waals surface area contributed by atoms with Crippen LogP contribution in [0.25, 0.3) is 21.8 Å². The number of nitrogen functional groups attached to an aromatic ring is 1. The third kappa shape index (κ3) is 3.06. The first-order chi connectivity index (χ1) is 13.0. The van der Waals surface area contributed by atoms with Gasteiger partial charge < -0.3 is 10.8 Å². The van der Waals surface area contributed by atoms with Gasteiger partial charge in [-0.25, -0.2) is 4.79 Å². The smallest absolute Gasteiger partial charge is 0.329 e. The number of hydrogen-bond acceptors (Lipinski definition) is 3. The number of fused-ring (bicyclic) bond motifs is 2. The minimum atomic E-state index is -0.938. The van der Waals surface area contributed by atoms with Crippen molar-refractivity contribution in [2.75, 3.05) is 5.73 Å². The number of nitrogens with zero attached hydrogens (tertiary/aromatic N) is 2. The third-order valence-corrected chi connectivity index (χ3v) is 4.80. The number of hydrogen-bond donors (Lipinski definition) is 2. The Kier molecular flexibility index (Phi) is 4.16. The van der Waals surface area contributed by atoms with Gasteiger partial charge in [-0.1, -0.05) is 42.5 Å². The highest BCUT2D eigenvalue weighted by molar-refractivity contribution is 5.86. The molecule has 0 unspecified atom stereocenters. The van der Waals surface area contributed by atoms with Crippen LogP contribution in [0.3, 0.4) is 0 Å². The Hall–Kier alpha value is -3.54. The van der Waals surface area contributed by atoms with Crippen LogP contribution in [0.2, 0.25) is 0 Å². The van der Waals surface area contributed by atoms with Crippen molar-refractivity contribution < 1.29 is 9.90 Å². The topological polar surface area (TPSA) is 90.2 Å². The van der Waals surface area contributed by atoms with Gasteiger partial charge in [-0.15, -0.1) is 0 Å². The van der Waals surface area contributed by atoms with Gasteiger partial charge in [0, 0.05) is 12.2 Å². The zero-order valence-corrected chi connectivity index (χ0v) is 14.6. The Bertz CT molecular complexity index is 1220. The lowest BCUT2D eigenvalue weighted by atomic mass is 10.0. The van der Waals surface area contributed by atoms with Crippen LogP contribution in [-0.4, -0.2) is 20.2 Å². The predicted octanol–water partition coefficient (Wildman–Crippen LogP) is 3.06. The van der Waals surface area contributed by atoms with E-state index in [0.717, 1.165) is 16.3 Å². The van der Waals surface area contributed by atoms with E-state index in [2.05, 4.69) is 0 Å². The van der Waals surface area contributed by atoms with Crippen molar-refractivity contribution in [2.24, 2.45) is 0 Å². The summed E-state index contributed by atoms with van der Waals surface area (Å²) in [6.07, 6.45) is -0.113. The van der Waals surface area contributed by atoms with Crippen molar-refractivity contribution in [1.29, 1.82) is 0 Å². The van der Waals surface area contributed by atoms with E-state index in [4.69, 9.17) is 10.8 Å². The highest BCUT2D eigenvalue weighted by Gasteiger charge is 2.15. The van der Waals surface area contributed by atoms with Gasteiger partial charge in [0.15, 0.2) is 0 Å². The van der Waals surface area contributed by atoms with Crippen LogP contribution < -0.4 is 11.4 Å². The quantitative estimate of drug-likeness (QED) is 0.535. The number of rotatable bonds is 5. The Morgan fingerprint density at radius 2 is 1.74 bits per heavy atom. The molecule has 0 amide bonds. The van der Waals surface area contributed by atoms with Crippen molar-refractivity contribution in [3.63, 3.8) is 0 Å². The summed E-state index contributed by atoms with van der Waals surface area (Å²) in [4.78, 5) is 24.0. The van der Waals surface area contributed by atoms with Gasteiger partial charge in [0.1, 0.15) is 0 Å². The lowest BCUT2D eigenvalue weighted by molar-refractivity contribution is -0.137. The molecule has 0 atom stereocenters. The minimum Gasteiger partial charge on any atom is -0.481 e. The maximum atomic E-state index is 13.0. The summed E-state index contributed by atoms with van der Waals surface area (Å²) in [5.41, 5.74) is 8.69. The lowest BCUT2D eigenvalue weighted by Gasteiger charge is -2.08. The maximum absolute atomic E-state index is 13.0. The average Bonchev–Trinajstić information content (AvgIpc) is 2.91. The van der Waals surface area contributed by atoms with Crippen LogP contribution in [0.4, 0.5) is 5.69 Å². The fraction of sp³-hybridized carbons (Fsp3) is 0.143. The molecule has 0 saturated carbocycles. The number of aromatic nitrogens is 2. The monoisotopic (exact) mass is 361 g/mol. The molecule has 27 heavy (non-hydrogen) atoms. The number of anilines is 1. The summed E-state index contributed by atoms with van der Waals surface area (Å²) >= 11 is 0. The molecule has 136 valence electrons. The molecule has 0 radical (unpaired) electrons. The molecule has 0 saturated heterocycles. The number of nitrogens with two attached hydrogens (primary N) is 1. The normalized spacial score (nSPS) is 11.3. The summed E-state index contributed by atoms with van der Waals surface area (Å²) in [5, 5.41) is 11.2. The summed E-state index contributed by atoms with van der Waals surface area (Å²) in [5.74, 6) is -0.938. The number of carbonyl (C=O) groups is 1. The van der Waals surface area contributed by atoms with Crippen molar-refractivity contribution in [3.05, 3.63) is 76.7 Å². The van der Waals surface area contributed by atoms with Crippen LogP contribution in [0.5, 0.6) is 0 Å². The molecule has 0 fully saturated rings. The first-order valence-electron chi connectivity index (χ1n) is 8.71. The molecule has 6 nitrogen and oxygen atoms in total. The lowest BCUT2D eigenvalue weighted by Crippen LogP contribution is -2.25. The molecule has 1 aromatic heterocycles. The molecule has 6 heteroatoms. The molecule has 0 spiro atoms. The Labute approximate surface area is 155 Å². The van der Waals surface area contributed by atoms with Crippen LogP contribution in [0.1, 0.15) is 12.0 Å². The van der Waals surface area contributed by atoms with Crippen molar-refractivity contribution in [3.8, 4) is 0 Å². The van der Waals surface area contributed by atoms with Crippen molar-refractivity contribution >= 4 is 33.5 Å². The molecule has 1 heterocycles. The molecule has 3 aromatic carbocycles. The number of aliphatic carboxylic acids is 1. The molecule has 4 rings (SSSR count). The molecule has 0 aliphatic rings. The Morgan fingerprint density at radius 3 is 2.56 bits per heavy atom. The molecule has 0 aliphatic carbocycles. The van der Waals surface area contributed by atoms with Crippen molar-refractivity contribution in [2.45, 2.75) is 19.5 Å². The van der Waals surface area contributed by atoms with Gasteiger partial charge in [-0.3, -0.25) is 13.9 Å². The van der Waals surface area contributed by atoms with Crippen LogP contribution in [0, 0.1) is 0 Å². The number of aryl methyl sites for hydroxylation is 1. The molecular formula is C21H19N3O3. The minimum absolute atomic E-state index is 0.113. The van der Waals surface area contributed by atoms with E-state index < -0.39 is 5.97 Å². The summed E-state index contributed by atoms with van der Waals surface area (Å²) in [7, 11) is 0. The van der Waals surface area contributed by atoms with Gasteiger partial charge in [0.05, 0.1) is 24.0 Å². The molecule has 4 aromatic rings. The van der Waals surface area contributed by atoms with E-state index in [0.29, 0.717) is 23.3 Å². The van der Waals surface area contributed by atoms with E-state index in [9.17, 15) is 9.59 Å². The molecule has 3 N–H and O–H groups in total. The molecule has 0 aliphatic heterocycles. The second-order valence-electron chi connectivity index (χ2n) is 6.55. The van der Waals surface area contributed by atoms with E-state index in [1.165, 1.54) is 4.57 Å². The molecular weight excluding hydrogens is 342 g/mol. The highest BCUT2D eigenvalue weighted by Crippen LogP contribution is 2.22. The van der Waals surface area contributed by atoms with Gasteiger partial charge in [-0.2, -0.15) is 0 Å². The summed E-state index contributed by atoms with van der Waals surface area (Å²) in [6.45, 7) is 0.511. The third-order valence-electron chi connectivity index (χ3n) is 4.80. The maximum Gasteiger partial charge on any atom is 0.329 e. The predicted molar refractivity (Wildman–Crippen MR) is 106 cm³/mol. The van der Waals surface area contributed by atoms with Crippen LogP contribution in [-0.2, 0) is 17.9 Å². The summed E-state index contributed by atoms with van der Waals surface area (Å²) < 4.78 is 3.17. The Morgan fingerprint density at radius 1 is 0.963 bits per heavy atom. The SMILES string of the molecule is Nc1ccc2c(c1)n(Cc1cccc3ccccc13)c(=O)n2CCC(=O)O. The van der Waals surface area contributed by atoms with E-state index >= 15 is 0 Å². The van der Waals surface area contributed by atoms with Gasteiger partial charge in [0.2, 0.25) is 0 Å². The first-order valence-corrected chi connectivity index (χ1v) is 8.71. The number of imidazole rings is 1.